The maximum absolute atomic E-state index is 14.8. The molecule has 0 aliphatic rings. The highest BCUT2D eigenvalue weighted by Gasteiger charge is 2.23. The second kappa shape index (κ2) is 12.8. The number of halogens is 1. The molecule has 5 rings (SSSR count). The molecule has 1 unspecified atom stereocenters. The van der Waals surface area contributed by atoms with Gasteiger partial charge in [0, 0.05) is 23.7 Å². The molecule has 0 aliphatic heterocycles. The summed E-state index contributed by atoms with van der Waals surface area (Å²) in [6.45, 7) is 2.41. The molecule has 0 saturated carbocycles. The van der Waals surface area contributed by atoms with Crippen molar-refractivity contribution in [3.63, 3.8) is 0 Å². The van der Waals surface area contributed by atoms with Gasteiger partial charge in [-0.3, -0.25) is 19.1 Å². The van der Waals surface area contributed by atoms with E-state index in [1.54, 1.807) is 48.5 Å². The van der Waals surface area contributed by atoms with E-state index in [9.17, 15) is 18.8 Å². The standard InChI is InChI=1S/C32H32FN5O5/c1-4-5-16-38-29-27(31(40)37-32(38)41)35-28(36-29)23(17-20-8-6-7-9-24(20)33)19-10-13-22(14-11-19)34-30(39)21-12-15-25(42-2)26(18-21)43-3/h6-15,18,23H,4-5,16-17H2,1-3H3,(H,34,39)(H,35,36)(H,37,40,41). The minimum Gasteiger partial charge on any atom is -0.493 e. The zero-order valence-electron chi connectivity index (χ0n) is 24.1. The molecule has 0 aliphatic carbocycles. The summed E-state index contributed by atoms with van der Waals surface area (Å²) in [6, 6.07) is 18.5. The molecule has 3 aromatic carbocycles. The van der Waals surface area contributed by atoms with E-state index >= 15 is 0 Å². The Morgan fingerprint density at radius 2 is 1.74 bits per heavy atom. The van der Waals surface area contributed by atoms with Crippen molar-refractivity contribution in [2.45, 2.75) is 38.6 Å². The van der Waals surface area contributed by atoms with E-state index in [1.165, 1.54) is 24.9 Å². The molecular weight excluding hydrogens is 553 g/mol. The average Bonchev–Trinajstić information content (AvgIpc) is 3.46. The predicted octanol–water partition coefficient (Wildman–Crippen LogP) is 5.00. The van der Waals surface area contributed by atoms with Gasteiger partial charge in [0.15, 0.2) is 17.1 Å². The van der Waals surface area contributed by atoms with Crippen LogP contribution in [0.1, 0.15) is 53.0 Å². The summed E-state index contributed by atoms with van der Waals surface area (Å²) in [7, 11) is 3.02. The Morgan fingerprint density at radius 1 is 1.00 bits per heavy atom. The molecule has 0 saturated heterocycles. The van der Waals surface area contributed by atoms with Gasteiger partial charge in [-0.1, -0.05) is 43.7 Å². The number of aromatic nitrogens is 4. The fourth-order valence-corrected chi connectivity index (χ4v) is 4.98. The van der Waals surface area contributed by atoms with Crippen LogP contribution < -0.4 is 26.0 Å². The number of benzene rings is 3. The number of aromatic amines is 2. The first-order valence-electron chi connectivity index (χ1n) is 13.9. The monoisotopic (exact) mass is 585 g/mol. The summed E-state index contributed by atoms with van der Waals surface area (Å²) in [5.74, 6) is 0.180. The van der Waals surface area contributed by atoms with Gasteiger partial charge in [-0.2, -0.15) is 0 Å². The number of nitrogens with zero attached hydrogens (tertiary/aromatic N) is 2. The smallest absolute Gasteiger partial charge is 0.330 e. The van der Waals surface area contributed by atoms with Crippen molar-refractivity contribution in [1.82, 2.24) is 19.5 Å². The molecule has 0 fully saturated rings. The van der Waals surface area contributed by atoms with E-state index < -0.39 is 17.2 Å². The van der Waals surface area contributed by atoms with Crippen LogP contribution in [0, 0.1) is 5.82 Å². The van der Waals surface area contributed by atoms with Gasteiger partial charge in [-0.25, -0.2) is 14.2 Å². The van der Waals surface area contributed by atoms with Crippen molar-refractivity contribution in [3.8, 4) is 11.5 Å². The van der Waals surface area contributed by atoms with Crippen LogP contribution in [0.2, 0.25) is 0 Å². The Hall–Kier alpha value is -5.19. The van der Waals surface area contributed by atoms with Crippen molar-refractivity contribution in [3.05, 3.63) is 116 Å². The van der Waals surface area contributed by atoms with Gasteiger partial charge >= 0.3 is 5.69 Å². The Bertz CT molecular complexity index is 1880. The van der Waals surface area contributed by atoms with Gasteiger partial charge in [-0.05, 0) is 60.4 Å². The van der Waals surface area contributed by atoms with E-state index in [2.05, 4.69) is 15.3 Å². The molecule has 222 valence electrons. The molecule has 0 radical (unpaired) electrons. The fourth-order valence-electron chi connectivity index (χ4n) is 4.98. The highest BCUT2D eigenvalue weighted by molar-refractivity contribution is 6.04. The Morgan fingerprint density at radius 3 is 2.44 bits per heavy atom. The minimum atomic E-state index is -0.565. The number of anilines is 1. The normalized spacial score (nSPS) is 11.8. The van der Waals surface area contributed by atoms with Crippen molar-refractivity contribution in [2.75, 3.05) is 19.5 Å². The molecule has 2 aromatic heterocycles. The first-order chi connectivity index (χ1) is 20.8. The molecular formula is C32H32FN5O5. The van der Waals surface area contributed by atoms with Gasteiger partial charge in [0.25, 0.3) is 11.5 Å². The second-order valence-corrected chi connectivity index (χ2v) is 10.1. The van der Waals surface area contributed by atoms with Crippen LogP contribution in [0.15, 0.2) is 76.3 Å². The molecule has 0 bridgehead atoms. The first kappa shape index (κ1) is 29.3. The zero-order chi connectivity index (χ0) is 30.5. The van der Waals surface area contributed by atoms with Crippen LogP contribution in [-0.2, 0) is 13.0 Å². The van der Waals surface area contributed by atoms with Crippen molar-refractivity contribution >= 4 is 22.8 Å². The van der Waals surface area contributed by atoms with Crippen molar-refractivity contribution < 1.29 is 18.7 Å². The van der Waals surface area contributed by atoms with Crippen LogP contribution >= 0.6 is 0 Å². The summed E-state index contributed by atoms with van der Waals surface area (Å²) in [5.41, 5.74) is 1.52. The van der Waals surface area contributed by atoms with Crippen LogP contribution in [0.4, 0.5) is 10.1 Å². The van der Waals surface area contributed by atoms with Crippen molar-refractivity contribution in [1.29, 1.82) is 0 Å². The lowest BCUT2D eigenvalue weighted by molar-refractivity contribution is 0.102. The van der Waals surface area contributed by atoms with E-state index in [0.717, 1.165) is 18.4 Å². The van der Waals surface area contributed by atoms with E-state index in [-0.39, 0.29) is 29.3 Å². The Labute approximate surface area is 246 Å². The maximum Gasteiger partial charge on any atom is 0.330 e. The number of aryl methyl sites for hydroxylation is 1. The molecule has 0 spiro atoms. The maximum atomic E-state index is 14.8. The number of unbranched alkanes of at least 4 members (excludes halogenated alkanes) is 1. The summed E-state index contributed by atoms with van der Waals surface area (Å²) in [4.78, 5) is 48.4. The fraction of sp³-hybridized carbons (Fsp3) is 0.250. The number of amides is 1. The third kappa shape index (κ3) is 6.20. The number of ether oxygens (including phenoxy) is 2. The number of carbonyl (C=O) groups is 1. The van der Waals surface area contributed by atoms with E-state index in [4.69, 9.17) is 14.5 Å². The predicted molar refractivity (Wildman–Crippen MR) is 162 cm³/mol. The number of hydrogen-bond donors (Lipinski definition) is 3. The van der Waals surface area contributed by atoms with Gasteiger partial charge < -0.3 is 19.8 Å². The third-order valence-electron chi connectivity index (χ3n) is 7.32. The summed E-state index contributed by atoms with van der Waals surface area (Å²) in [5, 5.41) is 2.87. The summed E-state index contributed by atoms with van der Waals surface area (Å²) in [6.07, 6.45) is 1.83. The number of methoxy groups -OCH3 is 2. The number of carbonyl (C=O) groups excluding carboxylic acids is 1. The van der Waals surface area contributed by atoms with E-state index in [0.29, 0.717) is 40.7 Å². The van der Waals surface area contributed by atoms with Gasteiger partial charge in [0.1, 0.15) is 17.2 Å². The highest BCUT2D eigenvalue weighted by Crippen LogP contribution is 2.31. The zero-order valence-corrected chi connectivity index (χ0v) is 24.1. The lowest BCUT2D eigenvalue weighted by Gasteiger charge is -2.17. The largest absolute Gasteiger partial charge is 0.493 e. The van der Waals surface area contributed by atoms with E-state index in [1.807, 2.05) is 19.1 Å². The third-order valence-corrected chi connectivity index (χ3v) is 7.32. The second-order valence-electron chi connectivity index (χ2n) is 10.1. The lowest BCUT2D eigenvalue weighted by atomic mass is 9.91. The molecule has 1 atom stereocenters. The van der Waals surface area contributed by atoms with Crippen LogP contribution in [-0.4, -0.2) is 39.6 Å². The van der Waals surface area contributed by atoms with Gasteiger partial charge in [-0.15, -0.1) is 0 Å². The van der Waals surface area contributed by atoms with Crippen molar-refractivity contribution in [2.24, 2.45) is 0 Å². The summed E-state index contributed by atoms with van der Waals surface area (Å²) < 4.78 is 26.8. The number of rotatable bonds is 11. The Balaban J connectivity index is 1.49. The topological polar surface area (TPSA) is 131 Å². The Kier molecular flexibility index (Phi) is 8.70. The number of imidazole rings is 1. The summed E-state index contributed by atoms with van der Waals surface area (Å²) >= 11 is 0. The number of H-pyrrole nitrogens is 2. The first-order valence-corrected chi connectivity index (χ1v) is 13.9. The molecule has 2 heterocycles. The lowest BCUT2D eigenvalue weighted by Crippen LogP contribution is -2.30. The molecule has 11 heteroatoms. The highest BCUT2D eigenvalue weighted by atomic mass is 19.1. The van der Waals surface area contributed by atoms with Gasteiger partial charge in [0.2, 0.25) is 0 Å². The number of fused-ring (bicyclic) bond motifs is 1. The SMILES string of the molecule is CCCCn1c(=O)[nH]c(=O)c2[nH]c(C(Cc3ccccc3F)c3ccc(NC(=O)c4ccc(OC)c(OC)c4)cc3)nc21. The minimum absolute atomic E-state index is 0.183. The molecule has 5 aromatic rings. The van der Waals surface area contributed by atoms with Crippen LogP contribution in [0.3, 0.4) is 0 Å². The molecule has 1 amide bonds. The van der Waals surface area contributed by atoms with Gasteiger partial charge in [0.05, 0.1) is 14.2 Å². The van der Waals surface area contributed by atoms with Crippen LogP contribution in [0.25, 0.3) is 11.2 Å². The average molecular weight is 586 g/mol. The quantitative estimate of drug-likeness (QED) is 0.200. The molecule has 10 nitrogen and oxygen atoms in total. The number of nitrogens with one attached hydrogen (secondary N) is 3. The van der Waals surface area contributed by atoms with Crippen LogP contribution in [0.5, 0.6) is 11.5 Å². The number of hydrogen-bond acceptors (Lipinski definition) is 6. The molecule has 43 heavy (non-hydrogen) atoms. The molecule has 3 N–H and O–H groups in total.